The van der Waals surface area contributed by atoms with Gasteiger partial charge in [0.05, 0.1) is 10.3 Å². The van der Waals surface area contributed by atoms with Crippen LogP contribution in [0.5, 0.6) is 6.01 Å². The van der Waals surface area contributed by atoms with E-state index < -0.39 is 50.5 Å². The number of halogens is 4. The van der Waals surface area contributed by atoms with Crippen LogP contribution in [0, 0.1) is 0 Å². The van der Waals surface area contributed by atoms with Crippen molar-refractivity contribution in [3.05, 3.63) is 76.1 Å². The molecule has 2 aliphatic carbocycles. The van der Waals surface area contributed by atoms with E-state index in [0.717, 1.165) is 18.4 Å². The van der Waals surface area contributed by atoms with Crippen molar-refractivity contribution >= 4 is 33.2 Å². The molecule has 1 heterocycles. The minimum Gasteiger partial charge on any atom is -0.454 e. The van der Waals surface area contributed by atoms with Gasteiger partial charge in [0.2, 0.25) is 5.95 Å². The van der Waals surface area contributed by atoms with Crippen molar-refractivity contribution in [3.63, 3.8) is 0 Å². The lowest BCUT2D eigenvalue weighted by Gasteiger charge is -2.20. The molecule has 0 unspecified atom stereocenters. The van der Waals surface area contributed by atoms with Gasteiger partial charge in [0.25, 0.3) is 0 Å². The smallest absolute Gasteiger partial charge is 0.422 e. The number of hydrogen-bond donors (Lipinski definition) is 1. The van der Waals surface area contributed by atoms with Crippen molar-refractivity contribution in [1.29, 1.82) is 0 Å². The summed E-state index contributed by atoms with van der Waals surface area (Å²) in [5.41, 5.74) is 1.36. The summed E-state index contributed by atoms with van der Waals surface area (Å²) >= 11 is 6.02. The Morgan fingerprint density at radius 1 is 1.00 bits per heavy atom. The molecular weight excluding hydrogens is 607 g/mol. The summed E-state index contributed by atoms with van der Waals surface area (Å²) in [7, 11) is -0.0287. The number of hydrogen-bond acceptors (Lipinski definition) is 9. The van der Waals surface area contributed by atoms with Crippen molar-refractivity contribution in [2.75, 3.05) is 38.3 Å². The number of Topliss-reactive ketones (excluding diaryl/α,β-unsaturated/α-hetero) is 1. The predicted molar refractivity (Wildman–Crippen MR) is 155 cm³/mol. The quantitative estimate of drug-likeness (QED) is 0.263. The minimum atomic E-state index is -4.58. The van der Waals surface area contributed by atoms with Gasteiger partial charge >= 0.3 is 12.2 Å². The number of alkyl halides is 3. The van der Waals surface area contributed by atoms with E-state index in [2.05, 4.69) is 20.3 Å². The Labute approximate surface area is 252 Å². The topological polar surface area (TPSA) is 114 Å². The second-order valence-electron chi connectivity index (χ2n) is 11.5. The van der Waals surface area contributed by atoms with E-state index in [9.17, 15) is 26.4 Å². The Hall–Kier alpha value is -3.29. The minimum absolute atomic E-state index is 0.0679. The molecule has 0 atom stereocenters. The van der Waals surface area contributed by atoms with E-state index in [4.69, 9.17) is 16.3 Å². The summed E-state index contributed by atoms with van der Waals surface area (Å²) in [5.74, 6) is -0.846. The maximum Gasteiger partial charge on any atom is 0.422 e. The molecular formula is C29H31ClF3N5O4S. The molecule has 43 heavy (non-hydrogen) atoms. The summed E-state index contributed by atoms with van der Waals surface area (Å²) in [6, 6.07) is 13.1. The molecule has 2 fully saturated rings. The van der Waals surface area contributed by atoms with Gasteiger partial charge in [-0.25, -0.2) is 8.42 Å². The standard InChI is InChI=1S/C29H31ClF3N5O4S/c1-38(2)17-27(11-12-27)43(40,41)16-23(39)20-5-3-19(4-6-20)15-24-34-25(36-26(35-24)42-18-29(31,32)33)37-28(13-14-28)21-7-9-22(30)10-8-21/h3-10H,11-18H2,1-2H3,(H,34,35,36,37). The lowest BCUT2D eigenvalue weighted by molar-refractivity contribution is -0.154. The second-order valence-corrected chi connectivity index (χ2v) is 14.3. The number of anilines is 1. The summed E-state index contributed by atoms with van der Waals surface area (Å²) < 4.78 is 68.5. The van der Waals surface area contributed by atoms with Crippen LogP contribution in [0.4, 0.5) is 19.1 Å². The van der Waals surface area contributed by atoms with Crippen molar-refractivity contribution in [2.45, 2.75) is 48.6 Å². The van der Waals surface area contributed by atoms with E-state index in [0.29, 0.717) is 30.0 Å². The van der Waals surface area contributed by atoms with Gasteiger partial charge in [0.1, 0.15) is 11.6 Å². The Balaban J connectivity index is 1.32. The number of ether oxygens (including phenoxy) is 1. The zero-order valence-corrected chi connectivity index (χ0v) is 25.2. The molecule has 9 nitrogen and oxygen atoms in total. The number of sulfone groups is 1. The van der Waals surface area contributed by atoms with E-state index in [1.165, 1.54) is 12.1 Å². The second kappa shape index (κ2) is 11.7. The Bertz CT molecular complexity index is 1590. The van der Waals surface area contributed by atoms with Crippen LogP contribution >= 0.6 is 11.6 Å². The number of ketones is 1. The summed E-state index contributed by atoms with van der Waals surface area (Å²) in [5, 5.41) is 3.81. The average molecular weight is 638 g/mol. The third-order valence-electron chi connectivity index (χ3n) is 7.56. The maximum atomic E-state index is 13.0. The fraction of sp³-hybridized carbons (Fsp3) is 0.448. The molecule has 230 valence electrons. The molecule has 0 aliphatic heterocycles. The molecule has 0 bridgehead atoms. The normalized spacial score (nSPS) is 17.0. The average Bonchev–Trinajstić information content (AvgIpc) is 3.85. The van der Waals surface area contributed by atoms with E-state index in [1.807, 2.05) is 17.0 Å². The van der Waals surface area contributed by atoms with Gasteiger partial charge in [0.15, 0.2) is 22.2 Å². The highest BCUT2D eigenvalue weighted by Gasteiger charge is 2.54. The van der Waals surface area contributed by atoms with Crippen LogP contribution in [-0.2, 0) is 21.8 Å². The van der Waals surface area contributed by atoms with E-state index in [-0.39, 0.29) is 23.8 Å². The van der Waals surface area contributed by atoms with Gasteiger partial charge < -0.3 is 15.0 Å². The summed E-state index contributed by atoms with van der Waals surface area (Å²) in [4.78, 5) is 27.3. The molecule has 14 heteroatoms. The van der Waals surface area contributed by atoms with Crippen molar-refractivity contribution < 1.29 is 31.1 Å². The zero-order valence-electron chi connectivity index (χ0n) is 23.6. The van der Waals surface area contributed by atoms with Crippen molar-refractivity contribution in [3.8, 4) is 6.01 Å². The third kappa shape index (κ3) is 7.63. The molecule has 2 aromatic carbocycles. The molecule has 3 aromatic rings. The van der Waals surface area contributed by atoms with Gasteiger partial charge in [0, 0.05) is 23.6 Å². The van der Waals surface area contributed by atoms with Crippen LogP contribution in [-0.4, -0.2) is 78.0 Å². The van der Waals surface area contributed by atoms with E-state index in [1.54, 1.807) is 38.4 Å². The number of nitrogens with one attached hydrogen (secondary N) is 1. The molecule has 1 aromatic heterocycles. The highest BCUT2D eigenvalue weighted by atomic mass is 35.5. The van der Waals surface area contributed by atoms with Crippen LogP contribution < -0.4 is 10.1 Å². The highest BCUT2D eigenvalue weighted by Crippen LogP contribution is 2.48. The van der Waals surface area contributed by atoms with Crippen LogP contribution in [0.3, 0.4) is 0 Å². The highest BCUT2D eigenvalue weighted by molar-refractivity contribution is 7.93. The SMILES string of the molecule is CN(C)CC1(S(=O)(=O)CC(=O)c2ccc(Cc3nc(NC4(c5ccc(Cl)cc5)CC4)nc(OCC(F)(F)F)n3)cc2)CC1. The molecule has 0 radical (unpaired) electrons. The number of carbonyl (C=O) groups excluding carboxylic acids is 1. The fourth-order valence-electron chi connectivity index (χ4n) is 5.02. The number of aromatic nitrogens is 3. The Morgan fingerprint density at radius 3 is 2.21 bits per heavy atom. The molecule has 2 aliphatic rings. The van der Waals surface area contributed by atoms with Gasteiger partial charge in [-0.15, -0.1) is 0 Å². The maximum absolute atomic E-state index is 13.0. The first-order valence-electron chi connectivity index (χ1n) is 13.7. The Morgan fingerprint density at radius 2 is 1.65 bits per heavy atom. The molecule has 0 amide bonds. The lowest BCUT2D eigenvalue weighted by atomic mass is 10.1. The number of nitrogens with zero attached hydrogens (tertiary/aromatic N) is 4. The summed E-state index contributed by atoms with van der Waals surface area (Å²) in [6.07, 6.45) is -1.88. The van der Waals surface area contributed by atoms with Gasteiger partial charge in [-0.2, -0.15) is 28.1 Å². The van der Waals surface area contributed by atoms with E-state index >= 15 is 0 Å². The monoisotopic (exact) mass is 637 g/mol. The zero-order chi connectivity index (χ0) is 31.0. The molecule has 1 N–H and O–H groups in total. The number of carbonyl (C=O) groups is 1. The van der Waals surface area contributed by atoms with Crippen LogP contribution in [0.15, 0.2) is 48.5 Å². The largest absolute Gasteiger partial charge is 0.454 e. The molecule has 5 rings (SSSR count). The van der Waals surface area contributed by atoms with Crippen molar-refractivity contribution in [1.82, 2.24) is 19.9 Å². The van der Waals surface area contributed by atoms with Gasteiger partial charge in [-0.05, 0) is 63.0 Å². The van der Waals surface area contributed by atoms with Gasteiger partial charge in [-0.3, -0.25) is 4.79 Å². The Kier molecular flexibility index (Phi) is 8.45. The summed E-state index contributed by atoms with van der Waals surface area (Å²) in [6.45, 7) is -1.19. The molecule has 0 spiro atoms. The first-order valence-corrected chi connectivity index (χ1v) is 15.7. The first kappa shape index (κ1) is 31.1. The van der Waals surface area contributed by atoms with Crippen molar-refractivity contribution in [2.24, 2.45) is 0 Å². The fourth-order valence-corrected chi connectivity index (χ4v) is 7.14. The van der Waals surface area contributed by atoms with Crippen LogP contribution in [0.1, 0.15) is 53.0 Å². The van der Waals surface area contributed by atoms with Gasteiger partial charge in [-0.1, -0.05) is 48.0 Å². The number of rotatable bonds is 13. The van der Waals surface area contributed by atoms with Crippen LogP contribution in [0.25, 0.3) is 0 Å². The predicted octanol–water partition coefficient (Wildman–Crippen LogP) is 4.85. The number of benzene rings is 2. The third-order valence-corrected chi connectivity index (χ3v) is 10.3. The lowest BCUT2D eigenvalue weighted by Crippen LogP contribution is -2.38. The van der Waals surface area contributed by atoms with Crippen LogP contribution in [0.2, 0.25) is 5.02 Å². The molecule has 2 saturated carbocycles. The first-order chi connectivity index (χ1) is 20.2. The molecule has 0 saturated heterocycles.